The summed E-state index contributed by atoms with van der Waals surface area (Å²) in [7, 11) is 0.962. The Morgan fingerprint density at radius 1 is 1.45 bits per heavy atom. The van der Waals surface area contributed by atoms with E-state index in [0.717, 1.165) is 7.11 Å². The van der Waals surface area contributed by atoms with Crippen molar-refractivity contribution < 1.29 is 37.1 Å². The zero-order valence-electron chi connectivity index (χ0n) is 11.5. The Hall–Kier alpha value is -2.59. The van der Waals surface area contributed by atoms with Crippen LogP contribution in [-0.2, 0) is 16.0 Å². The molecule has 0 fully saturated rings. The van der Waals surface area contributed by atoms with Crippen molar-refractivity contribution in [1.82, 2.24) is 4.98 Å². The van der Waals surface area contributed by atoms with E-state index in [0.29, 0.717) is 6.07 Å². The average molecular weight is 324 g/mol. The summed E-state index contributed by atoms with van der Waals surface area (Å²) < 4.78 is 49.7. The molecule has 0 aliphatic heterocycles. The second kappa shape index (κ2) is 6.91. The normalized spacial score (nSPS) is 11.0. The van der Waals surface area contributed by atoms with Gasteiger partial charge in [0.2, 0.25) is 0 Å². The second-order valence-electron chi connectivity index (χ2n) is 3.76. The number of pyridine rings is 1. The Morgan fingerprint density at radius 2 is 2.09 bits per heavy atom. The van der Waals surface area contributed by atoms with Crippen LogP contribution in [0.5, 0.6) is 11.6 Å². The third-order valence-corrected chi connectivity index (χ3v) is 2.21. The highest BCUT2D eigenvalue weighted by Gasteiger charge is 2.37. The summed E-state index contributed by atoms with van der Waals surface area (Å²) in [4.78, 5) is 24.7. The summed E-state index contributed by atoms with van der Waals surface area (Å²) in [5.74, 6) is -2.69. The van der Waals surface area contributed by atoms with Crippen LogP contribution in [0.15, 0.2) is 6.07 Å². The lowest BCUT2D eigenvalue weighted by molar-refractivity contribution is -0.388. The molecule has 0 aromatic carbocycles. The van der Waals surface area contributed by atoms with Gasteiger partial charge in [-0.2, -0.15) is 0 Å². The zero-order chi connectivity index (χ0) is 16.9. The van der Waals surface area contributed by atoms with Crippen LogP contribution < -0.4 is 9.47 Å². The highest BCUT2D eigenvalue weighted by Crippen LogP contribution is 2.39. The van der Waals surface area contributed by atoms with E-state index < -0.39 is 41.0 Å². The number of nitro groups is 1. The number of methoxy groups -OCH3 is 1. The Bertz CT molecular complexity index is 576. The molecule has 0 unspecified atom stereocenters. The minimum atomic E-state index is -5.16. The first-order valence-electron chi connectivity index (χ1n) is 5.81. The largest absolute Gasteiger partial charge is 0.573 e. The van der Waals surface area contributed by atoms with Crippen molar-refractivity contribution in [3.63, 3.8) is 0 Å². The number of esters is 1. The van der Waals surface area contributed by atoms with Crippen molar-refractivity contribution in [3.8, 4) is 11.6 Å². The van der Waals surface area contributed by atoms with Gasteiger partial charge in [0.1, 0.15) is 0 Å². The number of nitrogens with zero attached hydrogens (tertiary/aromatic N) is 2. The van der Waals surface area contributed by atoms with Gasteiger partial charge in [-0.1, -0.05) is 0 Å². The number of aromatic nitrogens is 1. The van der Waals surface area contributed by atoms with Crippen molar-refractivity contribution in [3.05, 3.63) is 21.9 Å². The Labute approximate surface area is 121 Å². The molecule has 0 N–H and O–H groups in total. The summed E-state index contributed by atoms with van der Waals surface area (Å²) in [5.41, 5.74) is -1.21. The monoisotopic (exact) mass is 324 g/mol. The SMILES string of the molecule is CCOC(=O)Cc1cc([N+](=O)[O-])c(OC(F)(F)F)c(OC)n1. The van der Waals surface area contributed by atoms with E-state index in [-0.39, 0.29) is 12.3 Å². The molecule has 0 amide bonds. The number of carbonyl (C=O) groups is 1. The van der Waals surface area contributed by atoms with Gasteiger partial charge in [-0.15, -0.1) is 13.2 Å². The zero-order valence-corrected chi connectivity index (χ0v) is 11.5. The van der Waals surface area contributed by atoms with Crippen LogP contribution >= 0.6 is 0 Å². The van der Waals surface area contributed by atoms with Crippen molar-refractivity contribution in [2.75, 3.05) is 13.7 Å². The molecule has 0 radical (unpaired) electrons. The average Bonchev–Trinajstić information content (AvgIpc) is 2.38. The van der Waals surface area contributed by atoms with Crippen LogP contribution in [0.1, 0.15) is 12.6 Å². The molecular weight excluding hydrogens is 313 g/mol. The molecule has 0 saturated heterocycles. The summed E-state index contributed by atoms with van der Waals surface area (Å²) in [6.07, 6.45) is -5.63. The summed E-state index contributed by atoms with van der Waals surface area (Å²) in [5, 5.41) is 10.9. The predicted octanol–water partition coefficient (Wildman–Crippen LogP) is 2.00. The van der Waals surface area contributed by atoms with E-state index in [2.05, 4.69) is 19.2 Å². The number of rotatable bonds is 6. The van der Waals surface area contributed by atoms with Crippen LogP contribution in [0.2, 0.25) is 0 Å². The first kappa shape index (κ1) is 17.5. The van der Waals surface area contributed by atoms with Gasteiger partial charge in [0.15, 0.2) is 0 Å². The van der Waals surface area contributed by atoms with Gasteiger partial charge in [0.25, 0.3) is 11.6 Å². The lowest BCUT2D eigenvalue weighted by Gasteiger charge is -2.13. The standard InChI is InChI=1S/C11H11F3N2O6/c1-3-21-8(17)5-6-4-7(16(18)19)9(10(15-6)20-2)22-11(12,13)14/h4H,3,5H2,1-2H3. The third kappa shape index (κ3) is 4.75. The maximum atomic E-state index is 12.3. The molecule has 0 saturated carbocycles. The lowest BCUT2D eigenvalue weighted by atomic mass is 10.2. The van der Waals surface area contributed by atoms with E-state index >= 15 is 0 Å². The molecule has 0 aliphatic rings. The fraction of sp³-hybridized carbons (Fsp3) is 0.455. The Kier molecular flexibility index (Phi) is 5.49. The second-order valence-corrected chi connectivity index (χ2v) is 3.76. The molecule has 122 valence electrons. The third-order valence-electron chi connectivity index (χ3n) is 2.21. The van der Waals surface area contributed by atoms with Crippen molar-refractivity contribution in [2.45, 2.75) is 19.7 Å². The van der Waals surface area contributed by atoms with Crippen molar-refractivity contribution in [2.24, 2.45) is 0 Å². The minimum Gasteiger partial charge on any atom is -0.478 e. The van der Waals surface area contributed by atoms with E-state index in [9.17, 15) is 28.1 Å². The van der Waals surface area contributed by atoms with Crippen LogP contribution in [0, 0.1) is 10.1 Å². The molecule has 1 rings (SSSR count). The molecule has 0 aliphatic carbocycles. The quantitative estimate of drug-likeness (QED) is 0.448. The fourth-order valence-corrected chi connectivity index (χ4v) is 1.48. The molecule has 1 aromatic rings. The Morgan fingerprint density at radius 3 is 2.55 bits per heavy atom. The fourth-order valence-electron chi connectivity index (χ4n) is 1.48. The van der Waals surface area contributed by atoms with Crippen LogP contribution in [-0.4, -0.2) is 36.0 Å². The van der Waals surface area contributed by atoms with Gasteiger partial charge in [0, 0.05) is 6.07 Å². The highest BCUT2D eigenvalue weighted by atomic mass is 19.4. The summed E-state index contributed by atoms with van der Waals surface area (Å²) >= 11 is 0. The maximum absolute atomic E-state index is 12.3. The number of ether oxygens (including phenoxy) is 3. The minimum absolute atomic E-state index is 0.0767. The van der Waals surface area contributed by atoms with Gasteiger partial charge in [0.05, 0.1) is 30.8 Å². The highest BCUT2D eigenvalue weighted by molar-refractivity contribution is 5.72. The topological polar surface area (TPSA) is 101 Å². The van der Waals surface area contributed by atoms with Gasteiger partial charge >= 0.3 is 18.0 Å². The first-order valence-corrected chi connectivity index (χ1v) is 5.81. The smallest absolute Gasteiger partial charge is 0.478 e. The van der Waals surface area contributed by atoms with E-state index in [1.165, 1.54) is 0 Å². The molecule has 11 heteroatoms. The van der Waals surface area contributed by atoms with E-state index in [1.807, 2.05) is 0 Å². The van der Waals surface area contributed by atoms with Crippen LogP contribution in [0.4, 0.5) is 18.9 Å². The molecule has 1 aromatic heterocycles. The van der Waals surface area contributed by atoms with Gasteiger partial charge < -0.3 is 14.2 Å². The molecular formula is C11H11F3N2O6. The summed E-state index contributed by atoms with van der Waals surface area (Å²) in [6, 6.07) is 0.695. The van der Waals surface area contributed by atoms with Crippen LogP contribution in [0.25, 0.3) is 0 Å². The number of hydrogen-bond donors (Lipinski definition) is 0. The van der Waals surface area contributed by atoms with Gasteiger partial charge in [-0.25, -0.2) is 4.98 Å². The molecule has 0 spiro atoms. The van der Waals surface area contributed by atoms with Crippen molar-refractivity contribution >= 4 is 11.7 Å². The molecule has 1 heterocycles. The van der Waals surface area contributed by atoms with E-state index in [4.69, 9.17) is 0 Å². The molecule has 22 heavy (non-hydrogen) atoms. The number of alkyl halides is 3. The van der Waals surface area contributed by atoms with E-state index in [1.54, 1.807) is 6.92 Å². The number of halogens is 3. The van der Waals surface area contributed by atoms with Gasteiger partial charge in [-0.05, 0) is 6.92 Å². The van der Waals surface area contributed by atoms with Crippen LogP contribution in [0.3, 0.4) is 0 Å². The maximum Gasteiger partial charge on any atom is 0.573 e. The molecule has 0 bridgehead atoms. The number of carbonyl (C=O) groups excluding carboxylic acids is 1. The summed E-state index contributed by atoms with van der Waals surface area (Å²) in [6.45, 7) is 1.63. The lowest BCUT2D eigenvalue weighted by Crippen LogP contribution is -2.19. The molecule has 0 atom stereocenters. The van der Waals surface area contributed by atoms with Gasteiger partial charge in [-0.3, -0.25) is 14.9 Å². The number of hydrogen-bond acceptors (Lipinski definition) is 7. The Balaban J connectivity index is 3.28. The molecule has 8 nitrogen and oxygen atoms in total. The predicted molar refractivity (Wildman–Crippen MR) is 64.5 cm³/mol. The first-order chi connectivity index (χ1) is 10.2. The van der Waals surface area contributed by atoms with Crippen molar-refractivity contribution in [1.29, 1.82) is 0 Å².